The van der Waals surface area contributed by atoms with E-state index in [0.717, 1.165) is 27.0 Å². The minimum Gasteiger partial charge on any atom is -0.274 e. The maximum absolute atomic E-state index is 12.6. The molecule has 1 amide bonds. The first-order valence-electron chi connectivity index (χ1n) is 8.73. The fraction of sp³-hybridized carbons (Fsp3) is 0.130. The van der Waals surface area contributed by atoms with Crippen LogP contribution < -0.4 is 4.90 Å². The molecule has 0 saturated heterocycles. The lowest BCUT2D eigenvalue weighted by Crippen LogP contribution is -2.36. The second-order valence-corrected chi connectivity index (χ2v) is 7.30. The number of benzene rings is 3. The largest absolute Gasteiger partial charge is 0.274 e. The fourth-order valence-electron chi connectivity index (χ4n) is 2.76. The summed E-state index contributed by atoms with van der Waals surface area (Å²) in [5.41, 5.74) is 4.74. The molecule has 0 aliphatic carbocycles. The van der Waals surface area contributed by atoms with Gasteiger partial charge in [0.2, 0.25) is 5.91 Å². The average molecular weight is 421 g/mol. The molecule has 0 aromatic heterocycles. The number of anilines is 1. The summed E-state index contributed by atoms with van der Waals surface area (Å²) in [6, 6.07) is 23.6. The zero-order valence-corrected chi connectivity index (χ0v) is 17.2. The lowest BCUT2D eigenvalue weighted by molar-refractivity contribution is -0.115. The predicted octanol–water partition coefficient (Wildman–Crippen LogP) is 6.20. The Labute approximate surface area is 168 Å². The highest BCUT2D eigenvalue weighted by atomic mass is 79.9. The molecule has 3 aromatic rings. The number of nitrogens with zero attached hydrogens (tertiary/aromatic N) is 2. The maximum atomic E-state index is 12.6. The number of aliphatic imine (C=N–C) groups is 1. The highest BCUT2D eigenvalue weighted by Gasteiger charge is 2.22. The maximum Gasteiger partial charge on any atom is 0.229 e. The SMILES string of the molecule is CC(=O)N(C(=Nc1ccc(C)cc1)c1ccccc1Br)c1ccc(C)cc1. The molecule has 0 fully saturated rings. The van der Waals surface area contributed by atoms with Gasteiger partial charge in [0.25, 0.3) is 0 Å². The Kier molecular flexibility index (Phi) is 5.87. The second-order valence-electron chi connectivity index (χ2n) is 6.44. The van der Waals surface area contributed by atoms with Crippen LogP contribution in [0.4, 0.5) is 11.4 Å². The highest BCUT2D eigenvalue weighted by Crippen LogP contribution is 2.26. The van der Waals surface area contributed by atoms with E-state index in [9.17, 15) is 4.79 Å². The summed E-state index contributed by atoms with van der Waals surface area (Å²) in [5, 5.41) is 0. The predicted molar refractivity (Wildman–Crippen MR) is 116 cm³/mol. The van der Waals surface area contributed by atoms with Crippen LogP contribution in [0, 0.1) is 13.8 Å². The Morgan fingerprint density at radius 2 is 1.41 bits per heavy atom. The van der Waals surface area contributed by atoms with Gasteiger partial charge in [0.15, 0.2) is 0 Å². The van der Waals surface area contributed by atoms with Gasteiger partial charge in [-0.3, -0.25) is 9.69 Å². The van der Waals surface area contributed by atoms with Gasteiger partial charge in [-0.05, 0) is 44.2 Å². The summed E-state index contributed by atoms with van der Waals surface area (Å²) >= 11 is 3.60. The number of halogens is 1. The van der Waals surface area contributed by atoms with Gasteiger partial charge in [0, 0.05) is 17.0 Å². The monoisotopic (exact) mass is 420 g/mol. The van der Waals surface area contributed by atoms with Crippen LogP contribution in [-0.2, 0) is 4.79 Å². The number of amides is 1. The van der Waals surface area contributed by atoms with E-state index in [1.165, 1.54) is 5.56 Å². The molecule has 3 nitrogen and oxygen atoms in total. The molecule has 0 saturated carbocycles. The molecule has 0 aliphatic heterocycles. The smallest absolute Gasteiger partial charge is 0.229 e. The van der Waals surface area contributed by atoms with E-state index >= 15 is 0 Å². The van der Waals surface area contributed by atoms with Gasteiger partial charge < -0.3 is 0 Å². The van der Waals surface area contributed by atoms with Crippen LogP contribution in [0.25, 0.3) is 0 Å². The van der Waals surface area contributed by atoms with Crippen LogP contribution in [0.2, 0.25) is 0 Å². The minimum absolute atomic E-state index is 0.0968. The second kappa shape index (κ2) is 8.31. The number of carbonyl (C=O) groups excluding carboxylic acids is 1. The molecule has 0 bridgehead atoms. The summed E-state index contributed by atoms with van der Waals surface area (Å²) in [7, 11) is 0. The van der Waals surface area contributed by atoms with Crippen LogP contribution in [-0.4, -0.2) is 11.7 Å². The van der Waals surface area contributed by atoms with Gasteiger partial charge in [-0.25, -0.2) is 4.99 Å². The van der Waals surface area contributed by atoms with Crippen molar-refractivity contribution in [1.29, 1.82) is 0 Å². The van der Waals surface area contributed by atoms with Gasteiger partial charge in [-0.15, -0.1) is 0 Å². The zero-order valence-electron chi connectivity index (χ0n) is 15.6. The molecule has 3 aromatic carbocycles. The molecular formula is C23H21BrN2O. The van der Waals surface area contributed by atoms with E-state index < -0.39 is 0 Å². The topological polar surface area (TPSA) is 32.7 Å². The van der Waals surface area contributed by atoms with E-state index in [1.54, 1.807) is 11.8 Å². The van der Waals surface area contributed by atoms with Crippen LogP contribution in [0.1, 0.15) is 23.6 Å². The van der Waals surface area contributed by atoms with Crippen molar-refractivity contribution in [2.75, 3.05) is 4.90 Å². The van der Waals surface area contributed by atoms with Crippen molar-refractivity contribution in [3.8, 4) is 0 Å². The summed E-state index contributed by atoms with van der Waals surface area (Å²) in [5.74, 6) is 0.489. The summed E-state index contributed by atoms with van der Waals surface area (Å²) < 4.78 is 0.884. The highest BCUT2D eigenvalue weighted by molar-refractivity contribution is 9.10. The summed E-state index contributed by atoms with van der Waals surface area (Å²) in [6.07, 6.45) is 0. The third-order valence-electron chi connectivity index (χ3n) is 4.20. The van der Waals surface area contributed by atoms with E-state index in [1.807, 2.05) is 86.6 Å². The fourth-order valence-corrected chi connectivity index (χ4v) is 3.22. The molecule has 136 valence electrons. The van der Waals surface area contributed by atoms with E-state index in [4.69, 9.17) is 4.99 Å². The molecule has 3 rings (SSSR count). The molecule has 0 aliphatic rings. The number of carbonyl (C=O) groups is 1. The van der Waals surface area contributed by atoms with Crippen molar-refractivity contribution in [3.05, 3.63) is 94.0 Å². The molecule has 0 spiro atoms. The third-order valence-corrected chi connectivity index (χ3v) is 4.89. The van der Waals surface area contributed by atoms with Crippen molar-refractivity contribution in [2.24, 2.45) is 4.99 Å². The van der Waals surface area contributed by atoms with Crippen molar-refractivity contribution in [3.63, 3.8) is 0 Å². The van der Waals surface area contributed by atoms with Gasteiger partial charge in [-0.2, -0.15) is 0 Å². The molecule has 0 unspecified atom stereocenters. The van der Waals surface area contributed by atoms with Crippen LogP contribution in [0.3, 0.4) is 0 Å². The zero-order chi connectivity index (χ0) is 19.4. The van der Waals surface area contributed by atoms with E-state index in [0.29, 0.717) is 5.84 Å². The molecule has 0 heterocycles. The number of aryl methyl sites for hydroxylation is 2. The Hall–Kier alpha value is -2.72. The summed E-state index contributed by atoms with van der Waals surface area (Å²) in [6.45, 7) is 5.62. The minimum atomic E-state index is -0.0968. The van der Waals surface area contributed by atoms with Crippen LogP contribution in [0.15, 0.2) is 82.3 Å². The van der Waals surface area contributed by atoms with Crippen molar-refractivity contribution in [1.82, 2.24) is 0 Å². The standard InChI is InChI=1S/C23H21BrN2O/c1-16-8-12-19(13-9-16)25-23(21-6-4-5-7-22(21)24)26(18(3)27)20-14-10-17(2)11-15-20/h4-15H,1-3H3. The van der Waals surface area contributed by atoms with Crippen LogP contribution >= 0.6 is 15.9 Å². The third kappa shape index (κ3) is 4.52. The van der Waals surface area contributed by atoms with Crippen molar-refractivity contribution < 1.29 is 4.79 Å². The molecule has 4 heteroatoms. The number of amidine groups is 1. The Morgan fingerprint density at radius 1 is 0.852 bits per heavy atom. The van der Waals surface area contributed by atoms with E-state index in [2.05, 4.69) is 15.9 Å². The molecule has 0 N–H and O–H groups in total. The number of hydrogen-bond acceptors (Lipinski definition) is 2. The number of rotatable bonds is 3. The lowest BCUT2D eigenvalue weighted by atomic mass is 10.1. The Bertz CT molecular complexity index is 976. The van der Waals surface area contributed by atoms with Gasteiger partial charge >= 0.3 is 0 Å². The first kappa shape index (κ1) is 19.1. The average Bonchev–Trinajstić information content (AvgIpc) is 2.65. The quantitative estimate of drug-likeness (QED) is 0.366. The Morgan fingerprint density at radius 3 is 1.96 bits per heavy atom. The first-order valence-corrected chi connectivity index (χ1v) is 9.52. The molecule has 27 heavy (non-hydrogen) atoms. The number of hydrogen-bond donors (Lipinski definition) is 0. The molecular weight excluding hydrogens is 400 g/mol. The van der Waals surface area contributed by atoms with Crippen molar-refractivity contribution in [2.45, 2.75) is 20.8 Å². The lowest BCUT2D eigenvalue weighted by Gasteiger charge is -2.24. The first-order chi connectivity index (χ1) is 13.0. The van der Waals surface area contributed by atoms with Crippen molar-refractivity contribution >= 4 is 39.0 Å². The molecule has 0 atom stereocenters. The van der Waals surface area contributed by atoms with Gasteiger partial charge in [-0.1, -0.05) is 69.5 Å². The van der Waals surface area contributed by atoms with Crippen LogP contribution in [0.5, 0.6) is 0 Å². The van der Waals surface area contributed by atoms with Gasteiger partial charge in [0.05, 0.1) is 11.4 Å². The normalized spacial score (nSPS) is 11.3. The summed E-state index contributed by atoms with van der Waals surface area (Å²) in [4.78, 5) is 19.1. The van der Waals surface area contributed by atoms with E-state index in [-0.39, 0.29) is 5.91 Å². The Balaban J connectivity index is 2.20. The molecule has 0 radical (unpaired) electrons. The van der Waals surface area contributed by atoms with Gasteiger partial charge in [0.1, 0.15) is 5.84 Å².